The van der Waals surface area contributed by atoms with E-state index in [4.69, 9.17) is 23.2 Å². The third kappa shape index (κ3) is 3.18. The van der Waals surface area contributed by atoms with Crippen molar-refractivity contribution >= 4 is 68.9 Å². The predicted octanol–water partition coefficient (Wildman–Crippen LogP) is 3.49. The van der Waals surface area contributed by atoms with Crippen molar-refractivity contribution in [1.29, 1.82) is 0 Å². The molecule has 6 atom stereocenters. The molecule has 0 spiro atoms. The number of allylic oxidation sites excluding steroid dienone is 2. The van der Waals surface area contributed by atoms with Gasteiger partial charge in [0.1, 0.15) is 5.75 Å². The number of alkyl halides is 3. The standard InChI is InChI=1S/C25H23BrCl2N2O7/c1-10-6-12(7-11(2)18(10)31)17-13-4-5-14-16(20(33)30(19(14)32)23(36)37-3)15(13)8-24(27)21(34)29(9-26)22(35)25(17,24)28/h4,6-7,14-17,31H,5,8-9H2,1-3H3. The Morgan fingerprint density at radius 3 is 2.30 bits per heavy atom. The molecule has 1 N–H and O–H groups in total. The smallest absolute Gasteiger partial charge is 0.423 e. The van der Waals surface area contributed by atoms with E-state index in [0.29, 0.717) is 27.2 Å². The highest BCUT2D eigenvalue weighted by Crippen LogP contribution is 2.65. The second-order valence-corrected chi connectivity index (χ2v) is 11.7. The zero-order valence-corrected chi connectivity index (χ0v) is 23.2. The highest BCUT2D eigenvalue weighted by molar-refractivity contribution is 9.09. The molecule has 5 rings (SSSR count). The Labute approximate surface area is 230 Å². The van der Waals surface area contributed by atoms with Gasteiger partial charge in [0.25, 0.3) is 11.8 Å². The van der Waals surface area contributed by atoms with Crippen molar-refractivity contribution in [3.63, 3.8) is 0 Å². The van der Waals surface area contributed by atoms with E-state index in [1.807, 2.05) is 0 Å². The Bertz CT molecular complexity index is 1310. The summed E-state index contributed by atoms with van der Waals surface area (Å²) in [6, 6.07) is 3.36. The van der Waals surface area contributed by atoms with Gasteiger partial charge in [0.2, 0.25) is 11.8 Å². The van der Waals surface area contributed by atoms with Crippen molar-refractivity contribution in [3.05, 3.63) is 40.5 Å². The molecule has 0 aromatic heterocycles. The van der Waals surface area contributed by atoms with Crippen molar-refractivity contribution in [3.8, 4) is 5.75 Å². The number of rotatable bonds is 2. The number of aryl methyl sites for hydroxylation is 2. The lowest BCUT2D eigenvalue weighted by atomic mass is 9.56. The molecule has 2 heterocycles. The van der Waals surface area contributed by atoms with Crippen molar-refractivity contribution in [2.24, 2.45) is 17.8 Å². The summed E-state index contributed by atoms with van der Waals surface area (Å²) < 4.78 is 4.66. The molecule has 1 aromatic rings. The lowest BCUT2D eigenvalue weighted by Gasteiger charge is -2.50. The summed E-state index contributed by atoms with van der Waals surface area (Å²) in [6.07, 6.45) is 0.649. The second-order valence-electron chi connectivity index (χ2n) is 9.97. The van der Waals surface area contributed by atoms with E-state index in [0.717, 1.165) is 12.0 Å². The van der Waals surface area contributed by atoms with Crippen molar-refractivity contribution < 1.29 is 33.8 Å². The minimum Gasteiger partial charge on any atom is -0.507 e. The summed E-state index contributed by atoms with van der Waals surface area (Å²) in [7, 11) is 1.08. The largest absolute Gasteiger partial charge is 0.507 e. The molecule has 196 valence electrons. The SMILES string of the molecule is COC(=O)N1C(=O)C2CC=C3C(CC4(Cl)C(=O)N(CBr)C(=O)C4(Cl)C3c3cc(C)c(O)c(C)c3)C2C1=O. The lowest BCUT2D eigenvalue weighted by Crippen LogP contribution is -2.60. The normalized spacial score (nSPS) is 34.8. The number of halogens is 3. The van der Waals surface area contributed by atoms with Crippen LogP contribution in [0.5, 0.6) is 5.75 Å². The van der Waals surface area contributed by atoms with E-state index in [1.54, 1.807) is 32.1 Å². The maximum atomic E-state index is 13.7. The monoisotopic (exact) mass is 612 g/mol. The molecule has 5 amide bonds. The fourth-order valence-corrected chi connectivity index (χ4v) is 7.98. The first-order valence-corrected chi connectivity index (χ1v) is 13.5. The van der Waals surface area contributed by atoms with Gasteiger partial charge < -0.3 is 9.84 Å². The second kappa shape index (κ2) is 8.54. The number of fused-ring (bicyclic) bond motifs is 4. The van der Waals surface area contributed by atoms with Crippen LogP contribution in [0.15, 0.2) is 23.8 Å². The third-order valence-electron chi connectivity index (χ3n) is 8.22. The number of amides is 5. The van der Waals surface area contributed by atoms with Gasteiger partial charge >= 0.3 is 6.09 Å². The first-order chi connectivity index (χ1) is 17.3. The van der Waals surface area contributed by atoms with Crippen LogP contribution < -0.4 is 0 Å². The van der Waals surface area contributed by atoms with Crippen LogP contribution in [0.2, 0.25) is 0 Å². The maximum Gasteiger partial charge on any atom is 0.423 e. The van der Waals surface area contributed by atoms with E-state index in [2.05, 4.69) is 20.7 Å². The topological polar surface area (TPSA) is 121 Å². The van der Waals surface area contributed by atoms with Gasteiger partial charge in [-0.1, -0.05) is 39.7 Å². The van der Waals surface area contributed by atoms with Crippen LogP contribution in [-0.4, -0.2) is 66.9 Å². The number of ether oxygens (including phenoxy) is 1. The quantitative estimate of drug-likeness (QED) is 0.235. The molecule has 12 heteroatoms. The van der Waals surface area contributed by atoms with Crippen molar-refractivity contribution in [2.45, 2.75) is 42.4 Å². The first kappa shape index (κ1) is 26.2. The molecule has 6 unspecified atom stereocenters. The number of carbonyl (C=O) groups is 5. The van der Waals surface area contributed by atoms with Crippen LogP contribution in [0.25, 0.3) is 0 Å². The van der Waals surface area contributed by atoms with Gasteiger partial charge in [0.05, 0.1) is 24.4 Å². The van der Waals surface area contributed by atoms with Crippen LogP contribution in [0.4, 0.5) is 4.79 Å². The molecule has 1 aromatic carbocycles. The Morgan fingerprint density at radius 2 is 1.73 bits per heavy atom. The average Bonchev–Trinajstić information content (AvgIpc) is 3.19. The fourth-order valence-electron chi connectivity index (χ4n) is 6.55. The number of benzene rings is 1. The molecule has 3 fully saturated rings. The number of imide groups is 4. The number of hydrogen-bond acceptors (Lipinski definition) is 7. The van der Waals surface area contributed by atoms with E-state index in [-0.39, 0.29) is 24.0 Å². The molecule has 9 nitrogen and oxygen atoms in total. The number of aromatic hydroxyl groups is 1. The molecular weight excluding hydrogens is 591 g/mol. The zero-order valence-electron chi connectivity index (χ0n) is 20.1. The number of phenols is 1. The Balaban J connectivity index is 1.74. The van der Waals surface area contributed by atoms with Gasteiger partial charge in [-0.05, 0) is 49.3 Å². The molecule has 37 heavy (non-hydrogen) atoms. The van der Waals surface area contributed by atoms with Gasteiger partial charge in [-0.2, -0.15) is 4.90 Å². The minimum absolute atomic E-state index is 0.0794. The summed E-state index contributed by atoms with van der Waals surface area (Å²) in [4.78, 5) is 63.6. The predicted molar refractivity (Wildman–Crippen MR) is 135 cm³/mol. The van der Waals surface area contributed by atoms with Gasteiger partial charge in [0.15, 0.2) is 9.75 Å². The molecular formula is C25H23BrCl2N2O7. The summed E-state index contributed by atoms with van der Waals surface area (Å²) in [5.41, 5.74) is 2.08. The highest BCUT2D eigenvalue weighted by Gasteiger charge is 2.76. The number of phenolic OH excluding ortho intramolecular Hbond substituents is 1. The summed E-state index contributed by atoms with van der Waals surface area (Å²) in [5.74, 6) is -6.22. The fraction of sp³-hybridized carbons (Fsp3) is 0.480. The third-order valence-corrected chi connectivity index (χ3v) is 10.1. The van der Waals surface area contributed by atoms with Gasteiger partial charge in [-0.25, -0.2) is 4.79 Å². The number of methoxy groups -OCH3 is 1. The van der Waals surface area contributed by atoms with Crippen molar-refractivity contribution in [2.75, 3.05) is 12.6 Å². The summed E-state index contributed by atoms with van der Waals surface area (Å²) >= 11 is 17.4. The number of hydrogen-bond donors (Lipinski definition) is 1. The Morgan fingerprint density at radius 1 is 1.11 bits per heavy atom. The molecule has 4 aliphatic rings. The number of likely N-dealkylation sites (tertiary alicyclic amines) is 2. The van der Waals surface area contributed by atoms with E-state index in [9.17, 15) is 29.1 Å². The Hall–Kier alpha value is -2.43. The average molecular weight is 614 g/mol. The van der Waals surface area contributed by atoms with Gasteiger partial charge in [-0.3, -0.25) is 24.1 Å². The van der Waals surface area contributed by atoms with Crippen LogP contribution in [0, 0.1) is 31.6 Å². The molecule has 0 bridgehead atoms. The van der Waals surface area contributed by atoms with Crippen LogP contribution >= 0.6 is 39.1 Å². The van der Waals surface area contributed by atoms with Gasteiger partial charge in [0, 0.05) is 5.92 Å². The minimum atomic E-state index is -1.93. The van der Waals surface area contributed by atoms with Gasteiger partial charge in [-0.15, -0.1) is 23.2 Å². The van der Waals surface area contributed by atoms with Crippen LogP contribution in [0.1, 0.15) is 35.4 Å². The molecule has 0 radical (unpaired) electrons. The van der Waals surface area contributed by atoms with E-state index >= 15 is 0 Å². The Kier molecular flexibility index (Phi) is 6.05. The van der Waals surface area contributed by atoms with E-state index in [1.165, 1.54) is 0 Å². The molecule has 2 aliphatic carbocycles. The molecule has 2 aliphatic heterocycles. The van der Waals surface area contributed by atoms with Crippen LogP contribution in [0.3, 0.4) is 0 Å². The van der Waals surface area contributed by atoms with Crippen LogP contribution in [-0.2, 0) is 23.9 Å². The summed E-state index contributed by atoms with van der Waals surface area (Å²) in [5, 5.41) is 10.4. The molecule has 1 saturated carbocycles. The lowest BCUT2D eigenvalue weighted by molar-refractivity contribution is -0.140. The summed E-state index contributed by atoms with van der Waals surface area (Å²) in [6.45, 7) is 3.40. The van der Waals surface area contributed by atoms with Crippen molar-refractivity contribution in [1.82, 2.24) is 9.80 Å². The highest BCUT2D eigenvalue weighted by atomic mass is 79.9. The molecule has 2 saturated heterocycles. The first-order valence-electron chi connectivity index (χ1n) is 11.6. The van der Waals surface area contributed by atoms with E-state index < -0.39 is 63.1 Å². The number of nitrogens with zero attached hydrogens (tertiary/aromatic N) is 2. The maximum absolute atomic E-state index is 13.7. The number of carbonyl (C=O) groups excluding carboxylic acids is 5. The zero-order chi connectivity index (χ0) is 27.2.